The molecule has 0 bridgehead atoms. The van der Waals surface area contributed by atoms with Gasteiger partial charge in [0.2, 0.25) is 0 Å². The molecule has 0 aliphatic carbocycles. The fourth-order valence-corrected chi connectivity index (χ4v) is 1.93. The summed E-state index contributed by atoms with van der Waals surface area (Å²) in [6.45, 7) is 6.81. The molecule has 0 aliphatic rings. The van der Waals surface area contributed by atoms with Crippen molar-refractivity contribution < 1.29 is 9.84 Å². The van der Waals surface area contributed by atoms with Gasteiger partial charge in [0, 0.05) is 11.4 Å². The van der Waals surface area contributed by atoms with Crippen LogP contribution in [0, 0.1) is 5.92 Å². The lowest BCUT2D eigenvalue weighted by molar-refractivity contribution is 0.0296. The number of thiophene rings is 1. The third-order valence-corrected chi connectivity index (χ3v) is 2.92. The van der Waals surface area contributed by atoms with Crippen molar-refractivity contribution in [2.45, 2.75) is 26.6 Å². The minimum atomic E-state index is -0.418. The molecular formula is C12H21NO2S. The summed E-state index contributed by atoms with van der Waals surface area (Å²) in [6, 6.07) is 4.04. The Labute approximate surface area is 101 Å². The summed E-state index contributed by atoms with van der Waals surface area (Å²) < 4.78 is 5.42. The summed E-state index contributed by atoms with van der Waals surface area (Å²) >= 11 is 1.67. The topological polar surface area (TPSA) is 41.5 Å². The van der Waals surface area contributed by atoms with Crippen LogP contribution in [0.15, 0.2) is 17.5 Å². The van der Waals surface area contributed by atoms with Crippen molar-refractivity contribution in [2.24, 2.45) is 5.92 Å². The van der Waals surface area contributed by atoms with E-state index < -0.39 is 6.10 Å². The van der Waals surface area contributed by atoms with Crippen LogP contribution in [0.4, 0.5) is 0 Å². The SMILES string of the molecule is CC(C)CNCC(O)COCc1cccs1. The molecule has 0 saturated heterocycles. The maximum absolute atomic E-state index is 9.61. The molecule has 0 amide bonds. The Balaban J connectivity index is 2.00. The highest BCUT2D eigenvalue weighted by molar-refractivity contribution is 7.09. The highest BCUT2D eigenvalue weighted by Gasteiger charge is 2.04. The van der Waals surface area contributed by atoms with E-state index in [1.54, 1.807) is 11.3 Å². The van der Waals surface area contributed by atoms with Gasteiger partial charge in [-0.05, 0) is 23.9 Å². The van der Waals surface area contributed by atoms with Gasteiger partial charge in [-0.2, -0.15) is 0 Å². The van der Waals surface area contributed by atoms with Crippen molar-refractivity contribution in [2.75, 3.05) is 19.7 Å². The minimum Gasteiger partial charge on any atom is -0.389 e. The summed E-state index contributed by atoms with van der Waals surface area (Å²) in [5.74, 6) is 0.610. The van der Waals surface area contributed by atoms with Gasteiger partial charge in [0.25, 0.3) is 0 Å². The van der Waals surface area contributed by atoms with Crippen molar-refractivity contribution in [1.82, 2.24) is 5.32 Å². The Morgan fingerprint density at radius 3 is 2.88 bits per heavy atom. The van der Waals surface area contributed by atoms with Crippen LogP contribution in [0.2, 0.25) is 0 Å². The Morgan fingerprint density at radius 2 is 2.25 bits per heavy atom. The molecule has 16 heavy (non-hydrogen) atoms. The average molecular weight is 243 g/mol. The fraction of sp³-hybridized carbons (Fsp3) is 0.667. The van der Waals surface area contributed by atoms with Gasteiger partial charge in [-0.3, -0.25) is 0 Å². The van der Waals surface area contributed by atoms with Crippen molar-refractivity contribution in [3.05, 3.63) is 22.4 Å². The second kappa shape index (κ2) is 7.79. The van der Waals surface area contributed by atoms with Gasteiger partial charge in [-0.15, -0.1) is 11.3 Å². The van der Waals surface area contributed by atoms with Gasteiger partial charge < -0.3 is 15.2 Å². The molecule has 0 aromatic carbocycles. The minimum absolute atomic E-state index is 0.392. The Morgan fingerprint density at radius 1 is 1.44 bits per heavy atom. The van der Waals surface area contributed by atoms with Gasteiger partial charge in [-0.25, -0.2) is 0 Å². The Kier molecular flexibility index (Phi) is 6.64. The van der Waals surface area contributed by atoms with Gasteiger partial charge in [0.05, 0.1) is 19.3 Å². The molecule has 0 saturated carbocycles. The van der Waals surface area contributed by atoms with Crippen LogP contribution in [0.1, 0.15) is 18.7 Å². The first kappa shape index (κ1) is 13.6. The van der Waals surface area contributed by atoms with Crippen LogP contribution in [-0.2, 0) is 11.3 Å². The van der Waals surface area contributed by atoms with Gasteiger partial charge >= 0.3 is 0 Å². The van der Waals surface area contributed by atoms with Crippen molar-refractivity contribution in [1.29, 1.82) is 0 Å². The van der Waals surface area contributed by atoms with Gasteiger partial charge in [0.1, 0.15) is 0 Å². The number of ether oxygens (including phenoxy) is 1. The van der Waals surface area contributed by atoms with Crippen molar-refractivity contribution in [3.63, 3.8) is 0 Å². The van der Waals surface area contributed by atoms with Crippen molar-refractivity contribution in [3.8, 4) is 0 Å². The molecule has 0 radical (unpaired) electrons. The smallest absolute Gasteiger partial charge is 0.0897 e. The summed E-state index contributed by atoms with van der Waals surface area (Å²) in [7, 11) is 0. The molecule has 2 N–H and O–H groups in total. The molecule has 1 rings (SSSR count). The molecule has 3 nitrogen and oxygen atoms in total. The van der Waals surface area contributed by atoms with Crippen LogP contribution in [0.25, 0.3) is 0 Å². The van der Waals surface area contributed by atoms with Gasteiger partial charge in [-0.1, -0.05) is 19.9 Å². The molecule has 92 valence electrons. The van der Waals surface area contributed by atoms with E-state index in [1.165, 1.54) is 4.88 Å². The second-order valence-corrected chi connectivity index (χ2v) is 5.33. The standard InChI is InChI=1S/C12H21NO2S/c1-10(2)6-13-7-11(14)8-15-9-12-4-3-5-16-12/h3-5,10-11,13-14H,6-9H2,1-2H3. The normalized spacial score (nSPS) is 13.2. The molecule has 1 aromatic heterocycles. The lowest BCUT2D eigenvalue weighted by Gasteiger charge is -2.13. The van der Waals surface area contributed by atoms with E-state index in [2.05, 4.69) is 19.2 Å². The summed E-state index contributed by atoms with van der Waals surface area (Å²) in [5.41, 5.74) is 0. The predicted octanol–water partition coefficient (Wildman–Crippen LogP) is 1.87. The number of aliphatic hydroxyl groups is 1. The quantitative estimate of drug-likeness (QED) is 0.732. The van der Waals surface area contributed by atoms with Gasteiger partial charge in [0.15, 0.2) is 0 Å². The maximum atomic E-state index is 9.61. The predicted molar refractivity (Wildman–Crippen MR) is 67.7 cm³/mol. The van der Waals surface area contributed by atoms with E-state index in [-0.39, 0.29) is 0 Å². The van der Waals surface area contributed by atoms with E-state index in [1.807, 2.05) is 17.5 Å². The molecule has 1 heterocycles. The van der Waals surface area contributed by atoms with Crippen molar-refractivity contribution >= 4 is 11.3 Å². The molecule has 0 fully saturated rings. The molecule has 1 atom stereocenters. The Bertz CT molecular complexity index is 262. The lowest BCUT2D eigenvalue weighted by Crippen LogP contribution is -2.32. The number of hydrogen-bond donors (Lipinski definition) is 2. The fourth-order valence-electron chi connectivity index (χ4n) is 1.29. The molecule has 0 aliphatic heterocycles. The zero-order valence-corrected chi connectivity index (χ0v) is 10.8. The van der Waals surface area contributed by atoms with Crippen LogP contribution >= 0.6 is 11.3 Å². The van der Waals surface area contributed by atoms with E-state index in [9.17, 15) is 5.11 Å². The summed E-state index contributed by atoms with van der Waals surface area (Å²) in [4.78, 5) is 1.20. The number of aliphatic hydroxyl groups excluding tert-OH is 1. The van der Waals surface area contributed by atoms with E-state index in [4.69, 9.17) is 4.74 Å². The lowest BCUT2D eigenvalue weighted by atomic mass is 10.2. The Hall–Kier alpha value is -0.420. The number of nitrogens with one attached hydrogen (secondary N) is 1. The van der Waals surface area contributed by atoms with E-state index in [0.29, 0.717) is 25.7 Å². The summed E-state index contributed by atoms with van der Waals surface area (Å²) in [5, 5.41) is 14.8. The maximum Gasteiger partial charge on any atom is 0.0897 e. The number of hydrogen-bond acceptors (Lipinski definition) is 4. The third-order valence-electron chi connectivity index (χ3n) is 2.07. The second-order valence-electron chi connectivity index (χ2n) is 4.30. The largest absolute Gasteiger partial charge is 0.389 e. The zero-order chi connectivity index (χ0) is 11.8. The molecular weight excluding hydrogens is 222 g/mol. The molecule has 0 spiro atoms. The molecule has 1 unspecified atom stereocenters. The average Bonchev–Trinajstić information content (AvgIpc) is 2.70. The van der Waals surface area contributed by atoms with E-state index >= 15 is 0 Å². The third kappa shape index (κ3) is 6.23. The molecule has 1 aromatic rings. The highest BCUT2D eigenvalue weighted by Crippen LogP contribution is 2.09. The monoisotopic (exact) mass is 243 g/mol. The van der Waals surface area contributed by atoms with E-state index in [0.717, 1.165) is 6.54 Å². The van der Waals surface area contributed by atoms with Crippen LogP contribution in [0.5, 0.6) is 0 Å². The molecule has 4 heteroatoms. The first-order chi connectivity index (χ1) is 7.68. The zero-order valence-electron chi connectivity index (χ0n) is 9.98. The number of rotatable bonds is 8. The summed E-state index contributed by atoms with van der Waals surface area (Å²) in [6.07, 6.45) is -0.418. The van der Waals surface area contributed by atoms with Crippen LogP contribution < -0.4 is 5.32 Å². The first-order valence-corrected chi connectivity index (χ1v) is 6.55. The highest BCUT2D eigenvalue weighted by atomic mass is 32.1. The van der Waals surface area contributed by atoms with Crippen LogP contribution in [0.3, 0.4) is 0 Å². The first-order valence-electron chi connectivity index (χ1n) is 5.67. The van der Waals surface area contributed by atoms with Crippen LogP contribution in [-0.4, -0.2) is 30.9 Å².